The van der Waals surface area contributed by atoms with Crippen LogP contribution in [0.5, 0.6) is 0 Å². The zero-order valence-electron chi connectivity index (χ0n) is 8.86. The minimum atomic E-state index is -1.09. The van der Waals surface area contributed by atoms with Crippen molar-refractivity contribution < 1.29 is 0 Å². The Labute approximate surface area is 73.7 Å². The van der Waals surface area contributed by atoms with Gasteiger partial charge in [-0.3, -0.25) is 0 Å². The number of hydrogen-bond acceptors (Lipinski definition) is 0. The highest BCUT2D eigenvalue weighted by molar-refractivity contribution is 6.99. The molecule has 0 N–H and O–H groups in total. The number of hydrogen-bond donors (Lipinski definition) is 0. The van der Waals surface area contributed by atoms with Gasteiger partial charge in [0.15, 0.2) is 0 Å². The van der Waals surface area contributed by atoms with E-state index in [1.807, 2.05) is 0 Å². The van der Waals surface area contributed by atoms with Gasteiger partial charge in [0.25, 0.3) is 0 Å². The van der Waals surface area contributed by atoms with Crippen LogP contribution < -0.4 is 0 Å². The van der Waals surface area contributed by atoms with Gasteiger partial charge >= 0.3 is 0 Å². The molecule has 0 aromatic rings. The number of rotatable bonds is 3. The van der Waals surface area contributed by atoms with E-state index in [1.165, 1.54) is 0 Å². The zero-order chi connectivity index (χ0) is 9.28. The molecule has 0 bridgehead atoms. The summed E-state index contributed by atoms with van der Waals surface area (Å²) in [4.78, 5) is 0. The molecule has 0 rings (SSSR count). The summed E-state index contributed by atoms with van der Waals surface area (Å²) < 4.78 is 0. The average Bonchev–Trinajstić information content (AvgIpc) is 1.84. The fraction of sp³-hybridized carbons (Fsp3) is 0.778. The van der Waals surface area contributed by atoms with Crippen LogP contribution >= 0.6 is 0 Å². The van der Waals surface area contributed by atoms with Crippen LogP contribution in [-0.4, -0.2) is 16.1 Å². The molecule has 2 heteroatoms. The molecule has 0 nitrogen and oxygen atoms in total. The molecular weight excluding hydrogens is 164 g/mol. The van der Waals surface area contributed by atoms with Crippen molar-refractivity contribution in [2.75, 3.05) is 0 Å². The van der Waals surface area contributed by atoms with Crippen LogP contribution in [-0.2, 0) is 0 Å². The predicted octanol–water partition coefficient (Wildman–Crippen LogP) is 3.69. The lowest BCUT2D eigenvalue weighted by molar-refractivity contribution is 1.19. The van der Waals surface area contributed by atoms with E-state index in [-0.39, 0.29) is 0 Å². The lowest BCUT2D eigenvalue weighted by atomic mass is 10.9. The minimum absolute atomic E-state index is 0.927. The minimum Gasteiger partial charge on any atom is -0.107 e. The van der Waals surface area contributed by atoms with Gasteiger partial charge in [-0.2, -0.15) is 0 Å². The maximum atomic E-state index is 3.95. The van der Waals surface area contributed by atoms with Gasteiger partial charge in [-0.05, 0) is 5.16 Å². The van der Waals surface area contributed by atoms with Crippen molar-refractivity contribution in [1.29, 1.82) is 0 Å². The lowest BCUT2D eigenvalue weighted by Crippen LogP contribution is -2.42. The third kappa shape index (κ3) is 2.95. The van der Waals surface area contributed by atoms with Crippen molar-refractivity contribution in [2.45, 2.75) is 44.8 Å². The van der Waals surface area contributed by atoms with Gasteiger partial charge < -0.3 is 0 Å². The van der Waals surface area contributed by atoms with Gasteiger partial charge in [-0.25, -0.2) is 0 Å². The van der Waals surface area contributed by atoms with E-state index >= 15 is 0 Å². The molecular formula is C9H22Si2. The van der Waals surface area contributed by atoms with E-state index in [0.29, 0.717) is 0 Å². The quantitative estimate of drug-likeness (QED) is 0.590. The predicted molar refractivity (Wildman–Crippen MR) is 60.4 cm³/mol. The Morgan fingerprint density at radius 2 is 1.45 bits per heavy atom. The summed E-state index contributed by atoms with van der Waals surface area (Å²) in [6.07, 6.45) is 0. The maximum absolute atomic E-state index is 3.95. The van der Waals surface area contributed by atoms with E-state index in [4.69, 9.17) is 0 Å². The second-order valence-corrected chi connectivity index (χ2v) is 16.2. The molecule has 0 saturated heterocycles. The molecule has 66 valence electrons. The first kappa shape index (κ1) is 11.2. The van der Waals surface area contributed by atoms with Crippen LogP contribution in [0.15, 0.2) is 12.3 Å². The van der Waals surface area contributed by atoms with Crippen molar-refractivity contribution in [3.8, 4) is 0 Å². The SMILES string of the molecule is C=C[Si](C)(C)C(C)[Si](C)(C)C. The van der Waals surface area contributed by atoms with E-state index in [1.54, 1.807) is 0 Å². The average molecular weight is 186 g/mol. The molecule has 0 aliphatic rings. The Kier molecular flexibility index (Phi) is 3.32. The van der Waals surface area contributed by atoms with Gasteiger partial charge in [-0.1, -0.05) is 39.7 Å². The van der Waals surface area contributed by atoms with Crippen molar-refractivity contribution in [3.63, 3.8) is 0 Å². The van der Waals surface area contributed by atoms with Crippen LogP contribution in [0.2, 0.25) is 37.9 Å². The molecule has 0 fully saturated rings. The molecule has 0 amide bonds. The fourth-order valence-corrected chi connectivity index (χ4v) is 10.9. The highest BCUT2D eigenvalue weighted by Crippen LogP contribution is 2.31. The smallest absolute Gasteiger partial charge is 0.0711 e. The van der Waals surface area contributed by atoms with Gasteiger partial charge in [0, 0.05) is 8.07 Å². The molecule has 0 heterocycles. The molecule has 0 aromatic heterocycles. The van der Waals surface area contributed by atoms with Crippen LogP contribution in [0, 0.1) is 0 Å². The monoisotopic (exact) mass is 186 g/mol. The third-order valence-corrected chi connectivity index (χ3v) is 13.7. The van der Waals surface area contributed by atoms with Crippen molar-refractivity contribution in [1.82, 2.24) is 0 Å². The molecule has 0 radical (unpaired) electrons. The van der Waals surface area contributed by atoms with E-state index in [0.717, 1.165) is 5.16 Å². The molecule has 0 spiro atoms. The van der Waals surface area contributed by atoms with Crippen molar-refractivity contribution >= 4 is 16.1 Å². The summed E-state index contributed by atoms with van der Waals surface area (Å²) >= 11 is 0. The standard InChI is InChI=1S/C9H22Si2/c1-8-11(6,7)9(2)10(3,4)5/h8-9H,1H2,2-7H3. The Morgan fingerprint density at radius 3 is 1.55 bits per heavy atom. The van der Waals surface area contributed by atoms with Crippen molar-refractivity contribution in [2.24, 2.45) is 0 Å². The zero-order valence-corrected chi connectivity index (χ0v) is 10.9. The second kappa shape index (κ2) is 3.27. The highest BCUT2D eigenvalue weighted by Gasteiger charge is 2.34. The van der Waals surface area contributed by atoms with E-state index < -0.39 is 16.1 Å². The van der Waals surface area contributed by atoms with Crippen LogP contribution in [0.25, 0.3) is 0 Å². The summed E-state index contributed by atoms with van der Waals surface area (Å²) in [6.45, 7) is 18.6. The van der Waals surface area contributed by atoms with Gasteiger partial charge in [-0.15, -0.1) is 12.3 Å². The Bertz CT molecular complexity index is 142. The summed E-state index contributed by atoms with van der Waals surface area (Å²) in [5, 5.41) is 0.937. The molecule has 1 unspecified atom stereocenters. The van der Waals surface area contributed by atoms with Crippen molar-refractivity contribution in [3.05, 3.63) is 12.3 Å². The van der Waals surface area contributed by atoms with Gasteiger partial charge in [0.1, 0.15) is 0 Å². The summed E-state index contributed by atoms with van der Waals surface area (Å²) in [6, 6.07) is 0. The molecule has 11 heavy (non-hydrogen) atoms. The molecule has 0 aliphatic heterocycles. The Morgan fingerprint density at radius 1 is 1.09 bits per heavy atom. The first-order chi connectivity index (χ1) is 4.72. The molecule has 0 aromatic carbocycles. The lowest BCUT2D eigenvalue weighted by Gasteiger charge is -2.35. The van der Waals surface area contributed by atoms with Crippen LogP contribution in [0.4, 0.5) is 0 Å². The fourth-order valence-electron chi connectivity index (χ4n) is 1.29. The van der Waals surface area contributed by atoms with Gasteiger partial charge in [0.05, 0.1) is 8.07 Å². The normalized spacial score (nSPS) is 16.2. The Hall–Kier alpha value is 0.174. The topological polar surface area (TPSA) is 0 Å². The first-order valence-electron chi connectivity index (χ1n) is 4.35. The first-order valence-corrected chi connectivity index (χ1v) is 11.1. The summed E-state index contributed by atoms with van der Waals surface area (Å²) in [5.74, 6) is 0. The largest absolute Gasteiger partial charge is 0.107 e. The summed E-state index contributed by atoms with van der Waals surface area (Å²) in [5.41, 5.74) is 2.23. The summed E-state index contributed by atoms with van der Waals surface area (Å²) in [7, 11) is -2.02. The van der Waals surface area contributed by atoms with E-state index in [9.17, 15) is 0 Å². The van der Waals surface area contributed by atoms with Gasteiger partial charge in [0.2, 0.25) is 0 Å². The molecule has 1 atom stereocenters. The third-order valence-electron chi connectivity index (χ3n) is 2.94. The second-order valence-electron chi connectivity index (χ2n) is 5.11. The Balaban J connectivity index is 4.48. The van der Waals surface area contributed by atoms with E-state index in [2.05, 4.69) is 51.9 Å². The molecule has 0 aliphatic carbocycles. The highest BCUT2D eigenvalue weighted by atomic mass is 28.4. The van der Waals surface area contributed by atoms with Crippen LogP contribution in [0.3, 0.4) is 0 Å². The molecule has 0 saturated carbocycles. The van der Waals surface area contributed by atoms with Crippen LogP contribution in [0.1, 0.15) is 6.92 Å². The maximum Gasteiger partial charge on any atom is 0.0711 e.